The van der Waals surface area contributed by atoms with Gasteiger partial charge in [-0.2, -0.15) is 0 Å². The molecule has 6 nitrogen and oxygen atoms in total. The Labute approximate surface area is 163 Å². The molecule has 0 rings (SSSR count). The number of unbranched alkanes of at least 4 members (excludes halogenated alkanes) is 2. The van der Waals surface area contributed by atoms with Gasteiger partial charge in [0.2, 0.25) is 0 Å². The standard InChI is InChI=1S/C21H35NO5/c1-5-6-7-8-9-10-11-12-13-14-18(23)15-21(26)27-19(16-20(24)25)17-22(2,3)4/h5-10,18-19,23H,11-17H2,1-4H3/b6-5+,8-7+,10-9+. The van der Waals surface area contributed by atoms with Crippen LogP contribution in [0.15, 0.2) is 36.5 Å². The van der Waals surface area contributed by atoms with Gasteiger partial charge in [0.1, 0.15) is 6.54 Å². The number of carbonyl (C=O) groups is 2. The SMILES string of the molecule is C/C=C/C=C/C=C/CCCCC(O)CC(=O)OC(CC(=O)[O-])C[N+](C)(C)C. The largest absolute Gasteiger partial charge is 0.550 e. The summed E-state index contributed by atoms with van der Waals surface area (Å²) in [6, 6.07) is 0. The van der Waals surface area contributed by atoms with Gasteiger partial charge in [0, 0.05) is 12.4 Å². The predicted molar refractivity (Wildman–Crippen MR) is 105 cm³/mol. The van der Waals surface area contributed by atoms with Crippen molar-refractivity contribution in [2.75, 3.05) is 27.7 Å². The van der Waals surface area contributed by atoms with E-state index in [1.807, 2.05) is 58.4 Å². The highest BCUT2D eigenvalue weighted by molar-refractivity contribution is 5.71. The molecule has 2 atom stereocenters. The van der Waals surface area contributed by atoms with Gasteiger partial charge >= 0.3 is 5.97 Å². The molecule has 0 fully saturated rings. The first-order chi connectivity index (χ1) is 12.6. The fourth-order valence-corrected chi connectivity index (χ4v) is 2.53. The lowest BCUT2D eigenvalue weighted by Crippen LogP contribution is -2.45. The van der Waals surface area contributed by atoms with E-state index in [9.17, 15) is 19.8 Å². The van der Waals surface area contributed by atoms with Gasteiger partial charge < -0.3 is 24.2 Å². The highest BCUT2D eigenvalue weighted by atomic mass is 16.5. The van der Waals surface area contributed by atoms with E-state index in [1.54, 1.807) is 0 Å². The molecular weight excluding hydrogens is 346 g/mol. The van der Waals surface area contributed by atoms with Crippen molar-refractivity contribution in [1.29, 1.82) is 0 Å². The first-order valence-electron chi connectivity index (χ1n) is 9.46. The highest BCUT2D eigenvalue weighted by Gasteiger charge is 2.23. The molecule has 0 bridgehead atoms. The average Bonchev–Trinajstić information content (AvgIpc) is 2.50. The van der Waals surface area contributed by atoms with Gasteiger partial charge in [-0.05, 0) is 26.2 Å². The minimum atomic E-state index is -1.25. The molecule has 0 spiro atoms. The van der Waals surface area contributed by atoms with E-state index < -0.39 is 24.1 Å². The number of aliphatic hydroxyl groups excluding tert-OH is 1. The number of esters is 1. The third kappa shape index (κ3) is 17.3. The van der Waals surface area contributed by atoms with E-state index in [1.165, 1.54) is 0 Å². The van der Waals surface area contributed by atoms with Crippen molar-refractivity contribution in [2.45, 2.75) is 57.7 Å². The smallest absolute Gasteiger partial charge is 0.308 e. The zero-order chi connectivity index (χ0) is 20.7. The van der Waals surface area contributed by atoms with E-state index in [0.29, 0.717) is 17.4 Å². The number of rotatable bonds is 14. The Kier molecular flexibility index (Phi) is 13.2. The van der Waals surface area contributed by atoms with Crippen LogP contribution in [0, 0.1) is 0 Å². The second-order valence-corrected chi connectivity index (χ2v) is 7.64. The van der Waals surface area contributed by atoms with Gasteiger partial charge in [-0.25, -0.2) is 0 Å². The zero-order valence-corrected chi connectivity index (χ0v) is 17.1. The van der Waals surface area contributed by atoms with Crippen LogP contribution in [0.25, 0.3) is 0 Å². The molecule has 0 aliphatic heterocycles. The van der Waals surface area contributed by atoms with Crippen molar-refractivity contribution in [3.05, 3.63) is 36.5 Å². The summed E-state index contributed by atoms with van der Waals surface area (Å²) < 4.78 is 5.70. The Morgan fingerprint density at radius 1 is 1.07 bits per heavy atom. The maximum atomic E-state index is 12.0. The summed E-state index contributed by atoms with van der Waals surface area (Å²) in [4.78, 5) is 22.8. The molecule has 0 amide bonds. The number of aliphatic hydroxyl groups is 1. The maximum absolute atomic E-state index is 12.0. The molecule has 0 aromatic carbocycles. The molecule has 0 saturated carbocycles. The molecular formula is C21H35NO5. The first-order valence-corrected chi connectivity index (χ1v) is 9.46. The summed E-state index contributed by atoms with van der Waals surface area (Å²) in [6.07, 6.45) is 13.0. The van der Waals surface area contributed by atoms with Crippen LogP contribution in [0.2, 0.25) is 0 Å². The molecule has 0 heterocycles. The van der Waals surface area contributed by atoms with E-state index in [2.05, 4.69) is 6.08 Å². The van der Waals surface area contributed by atoms with Crippen molar-refractivity contribution in [2.24, 2.45) is 0 Å². The molecule has 1 N–H and O–H groups in total. The number of carboxylic acids is 1. The van der Waals surface area contributed by atoms with E-state index >= 15 is 0 Å². The van der Waals surface area contributed by atoms with Crippen LogP contribution in [0.3, 0.4) is 0 Å². The summed E-state index contributed by atoms with van der Waals surface area (Å²) in [6.45, 7) is 2.33. The quantitative estimate of drug-likeness (QED) is 0.214. The Morgan fingerprint density at radius 3 is 2.33 bits per heavy atom. The topological polar surface area (TPSA) is 86.7 Å². The second kappa shape index (κ2) is 14.2. The molecule has 0 radical (unpaired) electrons. The average molecular weight is 382 g/mol. The molecule has 154 valence electrons. The Balaban J connectivity index is 4.12. The molecule has 0 aliphatic rings. The fourth-order valence-electron chi connectivity index (χ4n) is 2.53. The van der Waals surface area contributed by atoms with Crippen molar-refractivity contribution in [1.82, 2.24) is 0 Å². The highest BCUT2D eigenvalue weighted by Crippen LogP contribution is 2.11. The van der Waals surface area contributed by atoms with Crippen LogP contribution in [0.4, 0.5) is 0 Å². The van der Waals surface area contributed by atoms with Crippen molar-refractivity contribution in [3.63, 3.8) is 0 Å². The third-order valence-electron chi connectivity index (χ3n) is 3.67. The van der Waals surface area contributed by atoms with E-state index in [4.69, 9.17) is 4.74 Å². The molecule has 27 heavy (non-hydrogen) atoms. The predicted octanol–water partition coefficient (Wildman–Crippen LogP) is 1.74. The lowest BCUT2D eigenvalue weighted by atomic mass is 10.1. The monoisotopic (exact) mass is 381 g/mol. The van der Waals surface area contributed by atoms with Gasteiger partial charge in [0.25, 0.3) is 0 Å². The van der Waals surface area contributed by atoms with Crippen LogP contribution in [0.1, 0.15) is 45.4 Å². The number of hydrogen-bond acceptors (Lipinski definition) is 5. The minimum absolute atomic E-state index is 0.122. The summed E-state index contributed by atoms with van der Waals surface area (Å²) in [5.41, 5.74) is 0. The zero-order valence-electron chi connectivity index (χ0n) is 17.1. The number of carbonyl (C=O) groups excluding carboxylic acids is 2. The lowest BCUT2D eigenvalue weighted by molar-refractivity contribution is -0.873. The Morgan fingerprint density at radius 2 is 1.74 bits per heavy atom. The first kappa shape index (κ1) is 25.1. The number of aliphatic carboxylic acids is 1. The minimum Gasteiger partial charge on any atom is -0.550 e. The number of hydrogen-bond donors (Lipinski definition) is 1. The number of quaternary nitrogens is 1. The van der Waals surface area contributed by atoms with E-state index in [-0.39, 0.29) is 12.8 Å². The van der Waals surface area contributed by atoms with Crippen LogP contribution in [-0.2, 0) is 14.3 Å². The number of ether oxygens (including phenoxy) is 1. The molecule has 2 unspecified atom stereocenters. The summed E-state index contributed by atoms with van der Waals surface area (Å²) >= 11 is 0. The van der Waals surface area contributed by atoms with Gasteiger partial charge in [-0.15, -0.1) is 0 Å². The lowest BCUT2D eigenvalue weighted by Gasteiger charge is -2.29. The Bertz CT molecular complexity index is 517. The maximum Gasteiger partial charge on any atom is 0.308 e. The summed E-state index contributed by atoms with van der Waals surface area (Å²) in [5, 5.41) is 20.8. The van der Waals surface area contributed by atoms with E-state index in [0.717, 1.165) is 19.3 Å². The van der Waals surface area contributed by atoms with Crippen LogP contribution in [-0.4, -0.2) is 61.4 Å². The van der Waals surface area contributed by atoms with Crippen molar-refractivity contribution in [3.8, 4) is 0 Å². The van der Waals surface area contributed by atoms with Gasteiger partial charge in [0.15, 0.2) is 6.10 Å². The molecule has 0 aromatic rings. The molecule has 0 aromatic heterocycles. The van der Waals surface area contributed by atoms with Crippen molar-refractivity contribution >= 4 is 11.9 Å². The molecule has 6 heteroatoms. The van der Waals surface area contributed by atoms with Gasteiger partial charge in [-0.3, -0.25) is 4.79 Å². The second-order valence-electron chi connectivity index (χ2n) is 7.64. The van der Waals surface area contributed by atoms with Crippen molar-refractivity contribution < 1.29 is 29.0 Å². The van der Waals surface area contributed by atoms with Crippen LogP contribution < -0.4 is 5.11 Å². The van der Waals surface area contributed by atoms with Gasteiger partial charge in [0.05, 0.1) is 33.7 Å². The molecule has 0 aliphatic carbocycles. The summed E-state index contributed by atoms with van der Waals surface area (Å²) in [7, 11) is 5.65. The number of nitrogens with zero attached hydrogens (tertiary/aromatic N) is 1. The third-order valence-corrected chi connectivity index (χ3v) is 3.67. The van der Waals surface area contributed by atoms with Crippen LogP contribution in [0.5, 0.6) is 0 Å². The Hall–Kier alpha value is -1.92. The number of allylic oxidation sites excluding steroid dienone is 6. The number of likely N-dealkylation sites (N-methyl/N-ethyl adjacent to an activating group) is 1. The molecule has 0 saturated heterocycles. The van der Waals surface area contributed by atoms with Crippen LogP contribution >= 0.6 is 0 Å². The normalized spacial score (nSPS) is 14.9. The summed E-state index contributed by atoms with van der Waals surface area (Å²) in [5.74, 6) is -1.83. The fraction of sp³-hybridized carbons (Fsp3) is 0.619. The van der Waals surface area contributed by atoms with Gasteiger partial charge in [-0.1, -0.05) is 42.9 Å². The number of carboxylic acid groups (broad SMARTS) is 1.